The molecule has 1 spiro atoms. The van der Waals surface area contributed by atoms with Crippen LogP contribution >= 0.6 is 0 Å². The van der Waals surface area contributed by atoms with Crippen LogP contribution in [-0.4, -0.2) is 37.7 Å². The summed E-state index contributed by atoms with van der Waals surface area (Å²) in [6.45, 7) is 3.39. The highest BCUT2D eigenvalue weighted by atomic mass is 16.5. The molecule has 2 fully saturated rings. The zero-order valence-corrected chi connectivity index (χ0v) is 12.7. The van der Waals surface area contributed by atoms with E-state index in [0.29, 0.717) is 19.1 Å². The number of ether oxygens (including phenoxy) is 1. The maximum atomic E-state index is 12.3. The minimum Gasteiger partial charge on any atom is -0.383 e. The third-order valence-electron chi connectivity index (χ3n) is 4.48. The van der Waals surface area contributed by atoms with Crippen molar-refractivity contribution in [1.82, 2.24) is 10.6 Å². The number of carbonyl (C=O) groups excluding carboxylic acids is 1. The highest BCUT2D eigenvalue weighted by molar-refractivity contribution is 6.09. The van der Waals surface area contributed by atoms with Gasteiger partial charge < -0.3 is 10.1 Å². The first kappa shape index (κ1) is 15.3. The van der Waals surface area contributed by atoms with Gasteiger partial charge in [0.15, 0.2) is 5.96 Å². The number of methoxy groups -OCH3 is 1. The summed E-state index contributed by atoms with van der Waals surface area (Å²) in [5, 5.41) is 6.24. The number of aliphatic imine (C=N–C) groups is 1. The zero-order chi connectivity index (χ0) is 14.4. The summed E-state index contributed by atoms with van der Waals surface area (Å²) in [6, 6.07) is 0. The van der Waals surface area contributed by atoms with Crippen LogP contribution in [0.1, 0.15) is 51.9 Å². The molecule has 114 valence electrons. The molecule has 20 heavy (non-hydrogen) atoms. The van der Waals surface area contributed by atoms with Gasteiger partial charge in [0.2, 0.25) is 0 Å². The van der Waals surface area contributed by atoms with Crippen LogP contribution in [-0.2, 0) is 9.53 Å². The molecular weight excluding hydrogens is 254 g/mol. The van der Waals surface area contributed by atoms with Gasteiger partial charge in [0.25, 0.3) is 5.91 Å². The van der Waals surface area contributed by atoms with Crippen LogP contribution in [0.25, 0.3) is 0 Å². The molecule has 2 atom stereocenters. The Bertz CT molecular complexity index is 370. The predicted octanol–water partition coefficient (Wildman–Crippen LogP) is 1.83. The number of guanidine groups is 1. The largest absolute Gasteiger partial charge is 0.383 e. The van der Waals surface area contributed by atoms with Gasteiger partial charge in [0.1, 0.15) is 5.54 Å². The molecule has 2 aliphatic rings. The van der Waals surface area contributed by atoms with Gasteiger partial charge >= 0.3 is 0 Å². The van der Waals surface area contributed by atoms with Gasteiger partial charge in [-0.3, -0.25) is 15.1 Å². The normalized spacial score (nSPS) is 32.2. The Morgan fingerprint density at radius 1 is 1.40 bits per heavy atom. The first-order chi connectivity index (χ1) is 9.70. The van der Waals surface area contributed by atoms with Gasteiger partial charge in [-0.1, -0.05) is 32.6 Å². The molecule has 1 saturated heterocycles. The van der Waals surface area contributed by atoms with E-state index in [1.807, 2.05) is 0 Å². The van der Waals surface area contributed by atoms with Crippen molar-refractivity contribution >= 4 is 11.9 Å². The molecule has 2 rings (SSSR count). The summed E-state index contributed by atoms with van der Waals surface area (Å²) in [7, 11) is 1.65. The predicted molar refractivity (Wildman–Crippen MR) is 79.7 cm³/mol. The van der Waals surface area contributed by atoms with Crippen LogP contribution in [0, 0.1) is 5.92 Å². The summed E-state index contributed by atoms with van der Waals surface area (Å²) in [6.07, 6.45) is 7.87. The molecule has 1 saturated carbocycles. The number of nitrogens with zero attached hydrogens (tertiary/aromatic N) is 1. The van der Waals surface area contributed by atoms with Crippen molar-refractivity contribution < 1.29 is 9.53 Å². The highest BCUT2D eigenvalue weighted by Gasteiger charge is 2.45. The fraction of sp³-hybridized carbons (Fsp3) is 0.867. The molecule has 0 bridgehead atoms. The van der Waals surface area contributed by atoms with Gasteiger partial charge in [0, 0.05) is 7.11 Å². The number of rotatable bonds is 5. The molecule has 0 aromatic rings. The number of amides is 1. The summed E-state index contributed by atoms with van der Waals surface area (Å²) in [5.41, 5.74) is -0.408. The van der Waals surface area contributed by atoms with Crippen LogP contribution in [0.5, 0.6) is 0 Å². The summed E-state index contributed by atoms with van der Waals surface area (Å²) < 4.78 is 4.98. The minimum atomic E-state index is -0.408. The second-order valence-electron chi connectivity index (χ2n) is 5.97. The second kappa shape index (κ2) is 7.07. The first-order valence-electron chi connectivity index (χ1n) is 7.83. The Kier molecular flexibility index (Phi) is 5.40. The summed E-state index contributed by atoms with van der Waals surface area (Å²) in [5.74, 6) is 1.51. The van der Waals surface area contributed by atoms with E-state index in [1.54, 1.807) is 7.11 Å². The maximum Gasteiger partial charge on any atom is 0.252 e. The molecule has 1 aliphatic carbocycles. The number of hydrogen-bond acceptors (Lipinski definition) is 3. The van der Waals surface area contributed by atoms with Gasteiger partial charge in [-0.15, -0.1) is 0 Å². The van der Waals surface area contributed by atoms with Gasteiger partial charge in [-0.2, -0.15) is 0 Å². The van der Waals surface area contributed by atoms with E-state index in [2.05, 4.69) is 22.5 Å². The second-order valence-corrected chi connectivity index (χ2v) is 5.97. The molecule has 5 nitrogen and oxygen atoms in total. The van der Waals surface area contributed by atoms with Gasteiger partial charge in [0.05, 0.1) is 13.2 Å². The topological polar surface area (TPSA) is 62.7 Å². The molecule has 1 heterocycles. The maximum absolute atomic E-state index is 12.3. The molecule has 1 amide bonds. The molecule has 5 heteroatoms. The van der Waals surface area contributed by atoms with Gasteiger partial charge in [-0.25, -0.2) is 0 Å². The third kappa shape index (κ3) is 3.51. The van der Waals surface area contributed by atoms with Crippen LogP contribution in [0.4, 0.5) is 0 Å². The third-order valence-corrected chi connectivity index (χ3v) is 4.48. The fourth-order valence-corrected chi connectivity index (χ4v) is 3.33. The Hall–Kier alpha value is -1.10. The average Bonchev–Trinajstić information content (AvgIpc) is 2.60. The van der Waals surface area contributed by atoms with E-state index in [0.717, 1.165) is 31.6 Å². The Morgan fingerprint density at radius 2 is 2.25 bits per heavy atom. The standard InChI is InChI=1S/C15H27N3O2/c1-3-5-12-6-4-8-15(9-7-12)13(19)17-14(18-15)16-10-11-20-2/h12H,3-11H2,1-2H3,(H2,16,17,18,19). The first-order valence-corrected chi connectivity index (χ1v) is 7.83. The van der Waals surface area contributed by atoms with Crippen LogP contribution < -0.4 is 10.6 Å². The van der Waals surface area contributed by atoms with Crippen LogP contribution in [0.15, 0.2) is 4.99 Å². The molecule has 0 radical (unpaired) electrons. The Morgan fingerprint density at radius 3 is 3.00 bits per heavy atom. The van der Waals surface area contributed by atoms with Crippen molar-refractivity contribution in [1.29, 1.82) is 0 Å². The van der Waals surface area contributed by atoms with E-state index >= 15 is 0 Å². The van der Waals surface area contributed by atoms with E-state index in [9.17, 15) is 4.79 Å². The van der Waals surface area contributed by atoms with Crippen molar-refractivity contribution in [3.8, 4) is 0 Å². The molecule has 0 aromatic carbocycles. The average molecular weight is 281 g/mol. The number of hydrogen-bond donors (Lipinski definition) is 2. The van der Waals surface area contributed by atoms with Gasteiger partial charge in [-0.05, 0) is 25.2 Å². The zero-order valence-electron chi connectivity index (χ0n) is 12.7. The van der Waals surface area contributed by atoms with E-state index in [4.69, 9.17) is 4.74 Å². The van der Waals surface area contributed by atoms with Crippen molar-refractivity contribution in [2.24, 2.45) is 10.9 Å². The van der Waals surface area contributed by atoms with Crippen molar-refractivity contribution in [2.45, 2.75) is 57.4 Å². The highest BCUT2D eigenvalue weighted by Crippen LogP contribution is 2.34. The van der Waals surface area contributed by atoms with E-state index < -0.39 is 5.54 Å². The Balaban J connectivity index is 1.96. The fourth-order valence-electron chi connectivity index (χ4n) is 3.33. The van der Waals surface area contributed by atoms with E-state index in [-0.39, 0.29) is 5.91 Å². The minimum absolute atomic E-state index is 0.103. The van der Waals surface area contributed by atoms with Crippen LogP contribution in [0.3, 0.4) is 0 Å². The SMILES string of the molecule is CCCC1CCCC2(CC1)NC(=NCCOC)NC2=O. The lowest BCUT2D eigenvalue weighted by molar-refractivity contribution is -0.124. The molecule has 2 unspecified atom stereocenters. The number of nitrogens with one attached hydrogen (secondary N) is 2. The van der Waals surface area contributed by atoms with Crippen molar-refractivity contribution in [2.75, 3.05) is 20.3 Å². The lowest BCUT2D eigenvalue weighted by Gasteiger charge is -2.24. The lowest BCUT2D eigenvalue weighted by atomic mass is 9.89. The van der Waals surface area contributed by atoms with Crippen molar-refractivity contribution in [3.63, 3.8) is 0 Å². The summed E-state index contributed by atoms with van der Waals surface area (Å²) >= 11 is 0. The molecule has 2 N–H and O–H groups in total. The lowest BCUT2D eigenvalue weighted by Crippen LogP contribution is -2.46. The van der Waals surface area contributed by atoms with Crippen LogP contribution in [0.2, 0.25) is 0 Å². The van der Waals surface area contributed by atoms with Crippen molar-refractivity contribution in [3.05, 3.63) is 0 Å². The summed E-state index contributed by atoms with van der Waals surface area (Å²) in [4.78, 5) is 16.7. The monoisotopic (exact) mass is 281 g/mol. The van der Waals surface area contributed by atoms with E-state index in [1.165, 1.54) is 19.3 Å². The molecule has 1 aliphatic heterocycles. The Labute approximate surface area is 121 Å². The quantitative estimate of drug-likeness (QED) is 0.756. The smallest absolute Gasteiger partial charge is 0.252 e. The molecule has 0 aromatic heterocycles. The molecular formula is C15H27N3O2. The number of carbonyl (C=O) groups is 1.